The van der Waals surface area contributed by atoms with Crippen LogP contribution in [0.15, 0.2) is 48.5 Å². The van der Waals surface area contributed by atoms with E-state index < -0.39 is 11.6 Å². The molecule has 1 aliphatic rings. The van der Waals surface area contributed by atoms with Crippen LogP contribution in [-0.4, -0.2) is 30.2 Å². The van der Waals surface area contributed by atoms with Gasteiger partial charge in [-0.05, 0) is 37.6 Å². The number of amides is 2. The van der Waals surface area contributed by atoms with Gasteiger partial charge in [0.2, 0.25) is 5.91 Å². The molecule has 2 aromatic rings. The Labute approximate surface area is 170 Å². The van der Waals surface area contributed by atoms with Crippen molar-refractivity contribution in [1.82, 2.24) is 5.32 Å². The molecule has 0 saturated carbocycles. The van der Waals surface area contributed by atoms with Crippen LogP contribution in [0.4, 0.5) is 16.2 Å². The normalized spacial score (nSPS) is 15.8. The first kappa shape index (κ1) is 20.5. The van der Waals surface area contributed by atoms with Crippen molar-refractivity contribution in [2.75, 3.05) is 17.2 Å². The number of ether oxygens (including phenoxy) is 2. The average Bonchev–Trinajstić information content (AvgIpc) is 2.65. The first-order valence-corrected chi connectivity index (χ1v) is 9.57. The maximum atomic E-state index is 12.9. The number of anilines is 2. The Morgan fingerprint density at radius 3 is 2.66 bits per heavy atom. The first-order chi connectivity index (χ1) is 13.7. The number of hydrogen-bond acceptors (Lipinski definition) is 5. The average molecular weight is 397 g/mol. The Balaban J connectivity index is 1.77. The van der Waals surface area contributed by atoms with Gasteiger partial charge < -0.3 is 20.5 Å². The highest BCUT2D eigenvalue weighted by atomic mass is 16.6. The predicted octanol–water partition coefficient (Wildman–Crippen LogP) is 3.48. The Morgan fingerprint density at radius 1 is 1.24 bits per heavy atom. The number of hydrogen-bond donors (Lipinski definition) is 2. The van der Waals surface area contributed by atoms with Crippen molar-refractivity contribution in [2.24, 2.45) is 0 Å². The van der Waals surface area contributed by atoms with Gasteiger partial charge in [0.25, 0.3) is 0 Å². The van der Waals surface area contributed by atoms with E-state index in [0.29, 0.717) is 30.1 Å². The second-order valence-electron chi connectivity index (χ2n) is 7.89. The summed E-state index contributed by atoms with van der Waals surface area (Å²) in [5.74, 6) is 0.448. The van der Waals surface area contributed by atoms with Gasteiger partial charge >= 0.3 is 6.09 Å². The highest BCUT2D eigenvalue weighted by Crippen LogP contribution is 2.37. The van der Waals surface area contributed by atoms with Crippen LogP contribution in [0, 0.1) is 0 Å². The van der Waals surface area contributed by atoms with Crippen molar-refractivity contribution in [1.29, 1.82) is 0 Å². The summed E-state index contributed by atoms with van der Waals surface area (Å²) in [4.78, 5) is 25.9. The van der Waals surface area contributed by atoms with Crippen molar-refractivity contribution in [3.8, 4) is 5.75 Å². The molecule has 1 unspecified atom stereocenters. The summed E-state index contributed by atoms with van der Waals surface area (Å²) in [7, 11) is 0. The van der Waals surface area contributed by atoms with E-state index in [1.165, 1.54) is 6.92 Å². The van der Waals surface area contributed by atoms with Crippen molar-refractivity contribution in [3.63, 3.8) is 0 Å². The molecule has 0 fully saturated rings. The molecule has 0 spiro atoms. The molecule has 7 heteroatoms. The molecular weight excluding hydrogens is 370 g/mol. The number of carbonyl (C=O) groups is 2. The maximum absolute atomic E-state index is 12.9. The van der Waals surface area contributed by atoms with Crippen LogP contribution in [0.25, 0.3) is 0 Å². The summed E-state index contributed by atoms with van der Waals surface area (Å²) >= 11 is 0. The van der Waals surface area contributed by atoms with Crippen molar-refractivity contribution in [3.05, 3.63) is 54.1 Å². The summed E-state index contributed by atoms with van der Waals surface area (Å²) in [5, 5.41) is 2.92. The van der Waals surface area contributed by atoms with Gasteiger partial charge in [-0.1, -0.05) is 30.3 Å². The van der Waals surface area contributed by atoms with E-state index in [2.05, 4.69) is 5.32 Å². The van der Waals surface area contributed by atoms with Gasteiger partial charge in [-0.15, -0.1) is 0 Å². The van der Waals surface area contributed by atoms with Crippen LogP contribution in [0.3, 0.4) is 0 Å². The number of rotatable bonds is 5. The topological polar surface area (TPSA) is 93.9 Å². The molecule has 29 heavy (non-hydrogen) atoms. The lowest BCUT2D eigenvalue weighted by Gasteiger charge is -2.38. The molecule has 1 atom stereocenters. The minimum absolute atomic E-state index is 0.113. The van der Waals surface area contributed by atoms with E-state index in [9.17, 15) is 9.59 Å². The third-order valence-corrected chi connectivity index (χ3v) is 4.63. The van der Waals surface area contributed by atoms with Gasteiger partial charge in [-0.3, -0.25) is 9.69 Å². The fraction of sp³-hybridized carbons (Fsp3) is 0.364. The lowest BCUT2D eigenvalue weighted by Crippen LogP contribution is -2.50. The Kier molecular flexibility index (Phi) is 5.96. The molecule has 2 aromatic carbocycles. The largest absolute Gasteiger partial charge is 0.486 e. The Hall–Kier alpha value is -3.22. The fourth-order valence-corrected chi connectivity index (χ4v) is 3.54. The lowest BCUT2D eigenvalue weighted by atomic mass is 9.95. The van der Waals surface area contributed by atoms with Crippen molar-refractivity contribution >= 4 is 23.4 Å². The van der Waals surface area contributed by atoms with E-state index in [0.717, 1.165) is 5.56 Å². The molecule has 0 aromatic heterocycles. The van der Waals surface area contributed by atoms with E-state index in [1.807, 2.05) is 44.2 Å². The second kappa shape index (κ2) is 8.43. The van der Waals surface area contributed by atoms with E-state index >= 15 is 0 Å². The van der Waals surface area contributed by atoms with Gasteiger partial charge in [0.15, 0.2) is 0 Å². The van der Waals surface area contributed by atoms with E-state index in [1.54, 1.807) is 23.1 Å². The first-order valence-electron chi connectivity index (χ1n) is 9.57. The lowest BCUT2D eigenvalue weighted by molar-refractivity contribution is -0.120. The number of carbonyl (C=O) groups excluding carboxylic acids is 2. The molecule has 154 valence electrons. The van der Waals surface area contributed by atoms with Gasteiger partial charge in [-0.25, -0.2) is 4.79 Å². The molecule has 0 radical (unpaired) electrons. The summed E-state index contributed by atoms with van der Waals surface area (Å²) in [6, 6.07) is 14.7. The van der Waals surface area contributed by atoms with Gasteiger partial charge in [0.1, 0.15) is 18.5 Å². The fourth-order valence-electron chi connectivity index (χ4n) is 3.54. The molecule has 0 aliphatic carbocycles. The minimum Gasteiger partial charge on any atom is -0.486 e. The highest BCUT2D eigenvalue weighted by molar-refractivity contribution is 5.91. The summed E-state index contributed by atoms with van der Waals surface area (Å²) in [5.41, 5.74) is 7.45. The second-order valence-corrected chi connectivity index (χ2v) is 7.89. The molecule has 2 amide bonds. The molecule has 3 rings (SSSR count). The van der Waals surface area contributed by atoms with Gasteiger partial charge in [0.05, 0.1) is 12.2 Å². The number of nitrogens with two attached hydrogens (primary N) is 1. The SMILES string of the molecule is CC(=O)NC(C)(C)CC1CN(C(=O)OCc2ccccc2)c2cc(N)ccc2O1. The zero-order valence-electron chi connectivity index (χ0n) is 17.0. The Bertz CT molecular complexity index is 883. The third-order valence-electron chi connectivity index (χ3n) is 4.63. The standard InChI is InChI=1S/C22H27N3O4/c1-15(26)24-22(2,3)12-18-13-25(19-11-17(23)9-10-20(19)29-18)21(27)28-14-16-7-5-4-6-8-16/h4-11,18H,12-14,23H2,1-3H3,(H,24,26). The zero-order valence-corrected chi connectivity index (χ0v) is 17.0. The summed E-state index contributed by atoms with van der Waals surface area (Å²) < 4.78 is 11.6. The van der Waals surface area contributed by atoms with Gasteiger partial charge in [-0.2, -0.15) is 0 Å². The van der Waals surface area contributed by atoms with E-state index in [4.69, 9.17) is 15.2 Å². The van der Waals surface area contributed by atoms with Crippen LogP contribution in [0.5, 0.6) is 5.75 Å². The molecule has 7 nitrogen and oxygen atoms in total. The monoisotopic (exact) mass is 397 g/mol. The zero-order chi connectivity index (χ0) is 21.0. The predicted molar refractivity (Wildman–Crippen MR) is 112 cm³/mol. The molecule has 1 heterocycles. The molecule has 1 aliphatic heterocycles. The highest BCUT2D eigenvalue weighted by Gasteiger charge is 2.34. The van der Waals surface area contributed by atoms with Crippen LogP contribution < -0.4 is 20.7 Å². The molecule has 0 bridgehead atoms. The minimum atomic E-state index is -0.485. The number of benzene rings is 2. The number of nitrogens with zero attached hydrogens (tertiary/aromatic N) is 1. The van der Waals surface area contributed by atoms with Crippen LogP contribution in [0.2, 0.25) is 0 Å². The van der Waals surface area contributed by atoms with Crippen LogP contribution in [0.1, 0.15) is 32.8 Å². The summed E-state index contributed by atoms with van der Waals surface area (Å²) in [6.45, 7) is 5.81. The van der Waals surface area contributed by atoms with Crippen molar-refractivity contribution in [2.45, 2.75) is 45.4 Å². The summed E-state index contributed by atoms with van der Waals surface area (Å²) in [6.07, 6.45) is -0.248. The Morgan fingerprint density at radius 2 is 1.97 bits per heavy atom. The van der Waals surface area contributed by atoms with Crippen LogP contribution in [-0.2, 0) is 16.1 Å². The molecule has 0 saturated heterocycles. The number of fused-ring (bicyclic) bond motifs is 1. The third kappa shape index (κ3) is 5.40. The smallest absolute Gasteiger partial charge is 0.414 e. The number of nitrogen functional groups attached to an aromatic ring is 1. The van der Waals surface area contributed by atoms with Gasteiger partial charge in [0, 0.05) is 24.6 Å². The quantitative estimate of drug-likeness (QED) is 0.754. The molecular formula is C22H27N3O4. The molecule has 3 N–H and O–H groups in total. The van der Waals surface area contributed by atoms with Crippen LogP contribution >= 0.6 is 0 Å². The maximum Gasteiger partial charge on any atom is 0.414 e. The number of nitrogens with one attached hydrogen (secondary N) is 1. The van der Waals surface area contributed by atoms with Crippen molar-refractivity contribution < 1.29 is 19.1 Å². The van der Waals surface area contributed by atoms with E-state index in [-0.39, 0.29) is 18.6 Å².